The van der Waals surface area contributed by atoms with E-state index in [1.165, 1.54) is 12.1 Å². The monoisotopic (exact) mass is 329 g/mol. The second-order valence-electron chi connectivity index (χ2n) is 4.33. The molecule has 1 amide bonds. The second-order valence-corrected chi connectivity index (χ2v) is 5.25. The number of carboxylic acid groups (broad SMARTS) is 1. The van der Waals surface area contributed by atoms with E-state index >= 15 is 0 Å². The van der Waals surface area contributed by atoms with Crippen LogP contribution in [0.4, 0.5) is 0 Å². The molecule has 0 aliphatic rings. The molecule has 0 unspecified atom stereocenters. The maximum atomic E-state index is 11.8. The van der Waals surface area contributed by atoms with Crippen LogP contribution in [0, 0.1) is 0 Å². The highest BCUT2D eigenvalue weighted by Gasteiger charge is 2.16. The summed E-state index contributed by atoms with van der Waals surface area (Å²) in [5, 5.41) is 9.06. The Hall–Kier alpha value is -1.56. The van der Waals surface area contributed by atoms with Crippen LogP contribution in [0.3, 0.4) is 0 Å². The van der Waals surface area contributed by atoms with Crippen molar-refractivity contribution >= 4 is 27.8 Å². The molecule has 0 heterocycles. The van der Waals surface area contributed by atoms with Gasteiger partial charge in [0, 0.05) is 17.6 Å². The van der Waals surface area contributed by atoms with Crippen LogP contribution in [0.15, 0.2) is 22.7 Å². The lowest BCUT2D eigenvalue weighted by Gasteiger charge is -2.21. The molecule has 0 aromatic heterocycles. The van der Waals surface area contributed by atoms with Crippen molar-refractivity contribution in [1.29, 1.82) is 0 Å². The third-order valence-electron chi connectivity index (χ3n) is 2.69. The molecule has 0 saturated carbocycles. The standard InChI is InChI=1S/C13H16BrNO4/c1-8(2)15(3)12(16)7-19-11-5-4-9(14)6-10(11)13(17)18/h4-6,8H,7H2,1-3H3,(H,17,18). The van der Waals surface area contributed by atoms with Crippen molar-refractivity contribution < 1.29 is 19.4 Å². The molecule has 104 valence electrons. The zero-order chi connectivity index (χ0) is 14.6. The molecular formula is C13H16BrNO4. The van der Waals surface area contributed by atoms with Gasteiger partial charge in [-0.25, -0.2) is 4.79 Å². The number of carbonyl (C=O) groups is 2. The molecule has 1 N–H and O–H groups in total. The number of benzene rings is 1. The van der Waals surface area contributed by atoms with E-state index in [2.05, 4.69) is 15.9 Å². The van der Waals surface area contributed by atoms with E-state index in [0.717, 1.165) is 0 Å². The SMILES string of the molecule is CC(C)N(C)C(=O)COc1ccc(Br)cc1C(=O)O. The topological polar surface area (TPSA) is 66.8 Å². The van der Waals surface area contributed by atoms with Gasteiger partial charge in [-0.1, -0.05) is 15.9 Å². The van der Waals surface area contributed by atoms with Crippen LogP contribution in [0.1, 0.15) is 24.2 Å². The van der Waals surface area contributed by atoms with Gasteiger partial charge in [-0.2, -0.15) is 0 Å². The van der Waals surface area contributed by atoms with E-state index in [1.807, 2.05) is 13.8 Å². The quantitative estimate of drug-likeness (QED) is 0.900. The number of ether oxygens (including phenoxy) is 1. The lowest BCUT2D eigenvalue weighted by Crippen LogP contribution is -2.36. The molecule has 0 spiro atoms. The Bertz CT molecular complexity index is 488. The molecule has 0 aliphatic carbocycles. The first-order valence-electron chi connectivity index (χ1n) is 5.74. The van der Waals surface area contributed by atoms with Crippen molar-refractivity contribution in [3.63, 3.8) is 0 Å². The molecule has 6 heteroatoms. The van der Waals surface area contributed by atoms with Crippen molar-refractivity contribution in [1.82, 2.24) is 4.90 Å². The fourth-order valence-corrected chi connectivity index (χ4v) is 1.69. The number of aromatic carboxylic acids is 1. The summed E-state index contributed by atoms with van der Waals surface area (Å²) < 4.78 is 5.94. The van der Waals surface area contributed by atoms with E-state index in [9.17, 15) is 9.59 Å². The highest BCUT2D eigenvalue weighted by atomic mass is 79.9. The summed E-state index contributed by atoms with van der Waals surface area (Å²) in [5.41, 5.74) is 0.0226. The third kappa shape index (κ3) is 4.24. The van der Waals surface area contributed by atoms with Crippen molar-refractivity contribution in [3.8, 4) is 5.75 Å². The van der Waals surface area contributed by atoms with Gasteiger partial charge in [0.15, 0.2) is 6.61 Å². The van der Waals surface area contributed by atoms with Crippen LogP contribution in [0.5, 0.6) is 5.75 Å². The lowest BCUT2D eigenvalue weighted by atomic mass is 10.2. The Labute approximate surface area is 120 Å². The van der Waals surface area contributed by atoms with Crippen molar-refractivity contribution in [2.45, 2.75) is 19.9 Å². The van der Waals surface area contributed by atoms with Gasteiger partial charge in [-0.05, 0) is 32.0 Å². The Morgan fingerprint density at radius 1 is 1.42 bits per heavy atom. The summed E-state index contributed by atoms with van der Waals surface area (Å²) in [6.07, 6.45) is 0. The first-order chi connectivity index (χ1) is 8.82. The first kappa shape index (κ1) is 15.5. The average molecular weight is 330 g/mol. The van der Waals surface area contributed by atoms with E-state index in [0.29, 0.717) is 4.47 Å². The Balaban J connectivity index is 2.78. The minimum atomic E-state index is -1.10. The van der Waals surface area contributed by atoms with Gasteiger partial charge in [0.2, 0.25) is 0 Å². The number of nitrogens with zero attached hydrogens (tertiary/aromatic N) is 1. The van der Waals surface area contributed by atoms with Gasteiger partial charge in [0.05, 0.1) is 0 Å². The molecule has 0 radical (unpaired) electrons. The number of carboxylic acids is 1. The largest absolute Gasteiger partial charge is 0.483 e. The number of likely N-dealkylation sites (N-methyl/N-ethyl adjacent to an activating group) is 1. The summed E-state index contributed by atoms with van der Waals surface area (Å²) in [4.78, 5) is 24.4. The first-order valence-corrected chi connectivity index (χ1v) is 6.53. The number of rotatable bonds is 5. The predicted molar refractivity (Wildman–Crippen MR) is 74.5 cm³/mol. The van der Waals surface area contributed by atoms with Gasteiger partial charge in [-0.3, -0.25) is 4.79 Å². The van der Waals surface area contributed by atoms with Gasteiger partial charge in [0.25, 0.3) is 5.91 Å². The van der Waals surface area contributed by atoms with E-state index in [4.69, 9.17) is 9.84 Å². The van der Waals surface area contributed by atoms with Gasteiger partial charge >= 0.3 is 5.97 Å². The van der Waals surface area contributed by atoms with Crippen LogP contribution >= 0.6 is 15.9 Å². The van der Waals surface area contributed by atoms with Crippen LogP contribution in [-0.2, 0) is 4.79 Å². The Morgan fingerprint density at radius 3 is 2.58 bits per heavy atom. The molecule has 0 saturated heterocycles. The molecular weight excluding hydrogens is 314 g/mol. The second kappa shape index (κ2) is 6.56. The summed E-state index contributed by atoms with van der Waals surface area (Å²) in [6.45, 7) is 3.59. The van der Waals surface area contributed by atoms with Crippen LogP contribution in [0.25, 0.3) is 0 Å². The number of hydrogen-bond acceptors (Lipinski definition) is 3. The molecule has 0 atom stereocenters. The molecule has 1 aromatic rings. The van der Waals surface area contributed by atoms with E-state index in [1.54, 1.807) is 18.0 Å². The molecule has 1 rings (SSSR count). The zero-order valence-electron chi connectivity index (χ0n) is 11.0. The van der Waals surface area contributed by atoms with E-state index < -0.39 is 5.97 Å². The lowest BCUT2D eigenvalue weighted by molar-refractivity contribution is -0.133. The summed E-state index contributed by atoms with van der Waals surface area (Å²) in [7, 11) is 1.68. The number of amides is 1. The summed E-state index contributed by atoms with van der Waals surface area (Å²) in [5.74, 6) is -1.11. The van der Waals surface area contributed by atoms with Gasteiger partial charge in [0.1, 0.15) is 11.3 Å². The third-order valence-corrected chi connectivity index (χ3v) is 3.18. The highest BCUT2D eigenvalue weighted by molar-refractivity contribution is 9.10. The van der Waals surface area contributed by atoms with E-state index in [-0.39, 0.29) is 29.9 Å². The fourth-order valence-electron chi connectivity index (χ4n) is 1.32. The zero-order valence-corrected chi connectivity index (χ0v) is 12.6. The predicted octanol–water partition coefficient (Wildman–Crippen LogP) is 2.39. The number of hydrogen-bond donors (Lipinski definition) is 1. The average Bonchev–Trinajstić information content (AvgIpc) is 2.35. The van der Waals surface area contributed by atoms with Crippen molar-refractivity contribution in [2.75, 3.05) is 13.7 Å². The minimum absolute atomic E-state index is 0.0226. The molecule has 5 nitrogen and oxygen atoms in total. The van der Waals surface area contributed by atoms with Crippen LogP contribution in [0.2, 0.25) is 0 Å². The Morgan fingerprint density at radius 2 is 2.05 bits per heavy atom. The minimum Gasteiger partial charge on any atom is -0.483 e. The summed E-state index contributed by atoms with van der Waals surface area (Å²) in [6, 6.07) is 4.70. The maximum Gasteiger partial charge on any atom is 0.339 e. The normalized spacial score (nSPS) is 10.4. The maximum absolute atomic E-state index is 11.8. The molecule has 0 fully saturated rings. The fraction of sp³-hybridized carbons (Fsp3) is 0.385. The van der Waals surface area contributed by atoms with Crippen molar-refractivity contribution in [3.05, 3.63) is 28.2 Å². The smallest absolute Gasteiger partial charge is 0.339 e. The Kier molecular flexibility index (Phi) is 5.35. The molecule has 0 bridgehead atoms. The van der Waals surface area contributed by atoms with Crippen molar-refractivity contribution in [2.24, 2.45) is 0 Å². The molecule has 0 aliphatic heterocycles. The van der Waals surface area contributed by atoms with Crippen LogP contribution in [-0.4, -0.2) is 41.6 Å². The number of halogens is 1. The molecule has 1 aromatic carbocycles. The van der Waals surface area contributed by atoms with Gasteiger partial charge < -0.3 is 14.7 Å². The van der Waals surface area contributed by atoms with Gasteiger partial charge in [-0.15, -0.1) is 0 Å². The summed E-state index contributed by atoms with van der Waals surface area (Å²) >= 11 is 3.19. The highest BCUT2D eigenvalue weighted by Crippen LogP contribution is 2.23. The molecule has 19 heavy (non-hydrogen) atoms. The van der Waals surface area contributed by atoms with Crippen LogP contribution < -0.4 is 4.74 Å². The number of carbonyl (C=O) groups excluding carboxylic acids is 1.